The predicted octanol–water partition coefficient (Wildman–Crippen LogP) is 7.54. The quantitative estimate of drug-likeness (QED) is 0.234. The highest BCUT2D eigenvalue weighted by atomic mass is 19.4. The van der Waals surface area contributed by atoms with Gasteiger partial charge < -0.3 is 15.6 Å². The van der Waals surface area contributed by atoms with Gasteiger partial charge in [-0.25, -0.2) is 9.97 Å². The molecular weight excluding hydrogens is 545 g/mol. The molecular formula is C32H35F3N4O3. The van der Waals surface area contributed by atoms with Gasteiger partial charge in [0.2, 0.25) is 0 Å². The molecule has 2 heterocycles. The SMILES string of the molecule is CCOc1cc([C@H](C)c2cccc(C(F)(F)F)c2)ccc1-c1nc([C@@H]2CC[C@](C)(C(=O)O)C2(C)C)n2ccnc(N)c12. The van der Waals surface area contributed by atoms with Gasteiger partial charge in [0.25, 0.3) is 0 Å². The number of hydrogen-bond donors (Lipinski definition) is 2. The molecule has 3 atom stereocenters. The maximum absolute atomic E-state index is 13.4. The molecule has 3 N–H and O–H groups in total. The molecule has 0 saturated heterocycles. The number of carboxylic acids is 1. The molecule has 1 aliphatic rings. The van der Waals surface area contributed by atoms with Crippen molar-refractivity contribution in [3.63, 3.8) is 0 Å². The molecule has 5 rings (SSSR count). The molecule has 1 saturated carbocycles. The van der Waals surface area contributed by atoms with Crippen LogP contribution in [-0.2, 0) is 11.0 Å². The van der Waals surface area contributed by atoms with Crippen molar-refractivity contribution in [2.75, 3.05) is 12.3 Å². The third-order valence-corrected chi connectivity index (χ3v) is 9.39. The number of imidazole rings is 1. The average molecular weight is 581 g/mol. The van der Waals surface area contributed by atoms with Crippen molar-refractivity contribution in [2.24, 2.45) is 10.8 Å². The number of halogens is 3. The smallest absolute Gasteiger partial charge is 0.416 e. The standard InChI is InChI=1S/C32H35F3N4O3/c1-6-42-24-17-20(18(2)19-8-7-9-21(16-19)32(33,34)35)10-11-22(24)25-26-27(36)37-14-15-39(26)28(38-25)23-12-13-31(5,29(40)41)30(23,3)4/h7-11,14-18,23H,6,12-13H2,1-5H3,(H2,36,37)(H,40,41)/t18-,23+,31-/m1/s1. The number of benzene rings is 2. The van der Waals surface area contributed by atoms with Crippen LogP contribution < -0.4 is 10.5 Å². The number of hydrogen-bond acceptors (Lipinski definition) is 5. The highest BCUT2D eigenvalue weighted by Crippen LogP contribution is 2.60. The number of alkyl halides is 3. The Balaban J connectivity index is 1.63. The maximum Gasteiger partial charge on any atom is 0.416 e. The number of rotatable bonds is 7. The molecule has 1 aliphatic carbocycles. The summed E-state index contributed by atoms with van der Waals surface area (Å²) in [6.45, 7) is 9.80. The van der Waals surface area contributed by atoms with Gasteiger partial charge in [0.1, 0.15) is 28.6 Å². The van der Waals surface area contributed by atoms with Gasteiger partial charge in [0, 0.05) is 29.8 Å². The first-order chi connectivity index (χ1) is 19.7. The summed E-state index contributed by atoms with van der Waals surface area (Å²) in [5.41, 5.74) is 7.30. The first kappa shape index (κ1) is 29.4. The molecule has 4 aromatic rings. The van der Waals surface area contributed by atoms with E-state index in [2.05, 4.69) is 4.98 Å². The topological polar surface area (TPSA) is 103 Å². The van der Waals surface area contributed by atoms with Crippen LogP contribution in [-0.4, -0.2) is 32.1 Å². The molecule has 0 amide bonds. The Morgan fingerprint density at radius 1 is 1.19 bits per heavy atom. The number of anilines is 1. The molecule has 0 bridgehead atoms. The largest absolute Gasteiger partial charge is 0.493 e. The summed E-state index contributed by atoms with van der Waals surface area (Å²) in [4.78, 5) is 21.7. The van der Waals surface area contributed by atoms with Crippen molar-refractivity contribution in [1.29, 1.82) is 0 Å². The number of nitrogen functional groups attached to an aromatic ring is 1. The van der Waals surface area contributed by atoms with E-state index in [0.29, 0.717) is 53.4 Å². The van der Waals surface area contributed by atoms with Crippen LogP contribution >= 0.6 is 0 Å². The van der Waals surface area contributed by atoms with Gasteiger partial charge in [0.05, 0.1) is 17.6 Å². The van der Waals surface area contributed by atoms with Crippen LogP contribution in [0, 0.1) is 10.8 Å². The predicted molar refractivity (Wildman–Crippen MR) is 154 cm³/mol. The first-order valence-corrected chi connectivity index (χ1v) is 14.0. The molecule has 222 valence electrons. The number of carboxylic acid groups (broad SMARTS) is 1. The number of carbonyl (C=O) groups is 1. The highest BCUT2D eigenvalue weighted by Gasteiger charge is 2.57. The lowest BCUT2D eigenvalue weighted by Crippen LogP contribution is -2.40. The van der Waals surface area contributed by atoms with Crippen LogP contribution in [0.1, 0.15) is 81.8 Å². The summed E-state index contributed by atoms with van der Waals surface area (Å²) >= 11 is 0. The molecule has 10 heteroatoms. The van der Waals surface area contributed by atoms with Gasteiger partial charge in [-0.3, -0.25) is 9.20 Å². The second kappa shape index (κ2) is 10.3. The minimum Gasteiger partial charge on any atom is -0.493 e. The number of ether oxygens (including phenoxy) is 1. The van der Waals surface area contributed by atoms with Crippen molar-refractivity contribution in [3.8, 4) is 17.0 Å². The number of nitrogens with two attached hydrogens (primary N) is 1. The summed E-state index contributed by atoms with van der Waals surface area (Å²) in [5, 5.41) is 10.1. The van der Waals surface area contributed by atoms with E-state index >= 15 is 0 Å². The summed E-state index contributed by atoms with van der Waals surface area (Å²) < 4.78 is 48.1. The van der Waals surface area contributed by atoms with Crippen molar-refractivity contribution in [1.82, 2.24) is 14.4 Å². The van der Waals surface area contributed by atoms with Gasteiger partial charge in [-0.2, -0.15) is 13.2 Å². The number of nitrogens with zero attached hydrogens (tertiary/aromatic N) is 3. The second-order valence-corrected chi connectivity index (χ2v) is 11.8. The van der Waals surface area contributed by atoms with E-state index in [4.69, 9.17) is 15.5 Å². The molecule has 7 nitrogen and oxygen atoms in total. The van der Waals surface area contributed by atoms with Crippen LogP contribution in [0.4, 0.5) is 19.0 Å². The van der Waals surface area contributed by atoms with E-state index < -0.39 is 28.5 Å². The fourth-order valence-electron chi connectivity index (χ4n) is 6.31. The summed E-state index contributed by atoms with van der Waals surface area (Å²) in [7, 11) is 0. The zero-order valence-corrected chi connectivity index (χ0v) is 24.3. The minimum atomic E-state index is -4.43. The molecule has 1 fully saturated rings. The fraction of sp³-hybridized carbons (Fsp3) is 0.406. The van der Waals surface area contributed by atoms with E-state index in [1.165, 1.54) is 12.1 Å². The van der Waals surface area contributed by atoms with Crippen molar-refractivity contribution < 1.29 is 27.8 Å². The lowest BCUT2D eigenvalue weighted by molar-refractivity contribution is -0.153. The van der Waals surface area contributed by atoms with E-state index in [1.807, 2.05) is 50.3 Å². The van der Waals surface area contributed by atoms with Crippen LogP contribution in [0.5, 0.6) is 5.75 Å². The van der Waals surface area contributed by atoms with Crippen LogP contribution in [0.2, 0.25) is 0 Å². The molecule has 2 aromatic carbocycles. The van der Waals surface area contributed by atoms with Gasteiger partial charge in [-0.15, -0.1) is 0 Å². The van der Waals surface area contributed by atoms with Crippen LogP contribution in [0.25, 0.3) is 16.8 Å². The Hall–Kier alpha value is -4.08. The normalized spacial score (nSPS) is 21.0. The summed E-state index contributed by atoms with van der Waals surface area (Å²) in [5.74, 6) is 0.151. The van der Waals surface area contributed by atoms with Gasteiger partial charge in [-0.05, 0) is 61.4 Å². The molecule has 0 radical (unpaired) electrons. The monoisotopic (exact) mass is 580 g/mol. The van der Waals surface area contributed by atoms with E-state index in [-0.39, 0.29) is 17.7 Å². The maximum atomic E-state index is 13.4. The first-order valence-electron chi connectivity index (χ1n) is 14.0. The van der Waals surface area contributed by atoms with E-state index in [0.717, 1.165) is 11.6 Å². The number of aromatic nitrogens is 3. The summed E-state index contributed by atoms with van der Waals surface area (Å²) in [6, 6.07) is 10.9. The molecule has 2 aromatic heterocycles. The van der Waals surface area contributed by atoms with Gasteiger partial charge in [0.15, 0.2) is 0 Å². The Kier molecular flexibility index (Phi) is 7.23. The van der Waals surface area contributed by atoms with Crippen molar-refractivity contribution in [3.05, 3.63) is 77.4 Å². The van der Waals surface area contributed by atoms with Crippen molar-refractivity contribution >= 4 is 17.3 Å². The third kappa shape index (κ3) is 4.66. The van der Waals surface area contributed by atoms with Crippen molar-refractivity contribution in [2.45, 2.75) is 65.5 Å². The lowest BCUT2D eigenvalue weighted by Gasteiger charge is -2.38. The third-order valence-electron chi connectivity index (χ3n) is 9.39. The highest BCUT2D eigenvalue weighted by molar-refractivity contribution is 5.88. The lowest BCUT2D eigenvalue weighted by atomic mass is 9.65. The van der Waals surface area contributed by atoms with E-state index in [1.54, 1.807) is 25.4 Å². The number of aliphatic carboxylic acids is 1. The second-order valence-electron chi connectivity index (χ2n) is 11.8. The van der Waals surface area contributed by atoms with Crippen LogP contribution in [0.15, 0.2) is 54.9 Å². The van der Waals surface area contributed by atoms with Gasteiger partial charge >= 0.3 is 12.1 Å². The molecule has 0 spiro atoms. The zero-order valence-electron chi connectivity index (χ0n) is 24.3. The Morgan fingerprint density at radius 3 is 2.55 bits per heavy atom. The fourth-order valence-corrected chi connectivity index (χ4v) is 6.31. The molecule has 42 heavy (non-hydrogen) atoms. The van der Waals surface area contributed by atoms with E-state index in [9.17, 15) is 23.1 Å². The molecule has 0 aliphatic heterocycles. The Morgan fingerprint density at radius 2 is 1.90 bits per heavy atom. The Labute approximate surface area is 242 Å². The summed E-state index contributed by atoms with van der Waals surface area (Å²) in [6.07, 6.45) is 0.104. The zero-order chi connectivity index (χ0) is 30.6. The molecule has 0 unspecified atom stereocenters. The average Bonchev–Trinajstić information content (AvgIpc) is 3.43. The number of fused-ring (bicyclic) bond motifs is 1. The van der Waals surface area contributed by atoms with Gasteiger partial charge in [-0.1, -0.05) is 45.0 Å². The minimum absolute atomic E-state index is 0.169. The Bertz CT molecular complexity index is 1660. The van der Waals surface area contributed by atoms with Crippen LogP contribution in [0.3, 0.4) is 0 Å².